The van der Waals surface area contributed by atoms with Crippen LogP contribution in [0.2, 0.25) is 0 Å². The van der Waals surface area contributed by atoms with E-state index in [2.05, 4.69) is 10.0 Å². The van der Waals surface area contributed by atoms with Gasteiger partial charge in [-0.3, -0.25) is 0 Å². The summed E-state index contributed by atoms with van der Waals surface area (Å²) in [6.07, 6.45) is 4.73. The maximum absolute atomic E-state index is 11.6. The maximum Gasteiger partial charge on any atom is 0.273 e. The predicted molar refractivity (Wildman–Crippen MR) is 74.7 cm³/mol. The van der Waals surface area contributed by atoms with Crippen molar-refractivity contribution < 1.29 is 17.9 Å². The molecule has 0 bridgehead atoms. The van der Waals surface area contributed by atoms with Crippen LogP contribution >= 0.6 is 0 Å². The molecule has 7 heteroatoms. The molecule has 6 nitrogen and oxygen atoms in total. The van der Waals surface area contributed by atoms with E-state index < -0.39 is 10.0 Å². The minimum Gasteiger partial charge on any atom is -0.447 e. The molecule has 0 spiro atoms. The minimum absolute atomic E-state index is 0.0481. The van der Waals surface area contributed by atoms with E-state index in [-0.39, 0.29) is 17.2 Å². The summed E-state index contributed by atoms with van der Waals surface area (Å²) in [4.78, 5) is 0. The molecule has 2 unspecified atom stereocenters. The Morgan fingerprint density at radius 3 is 2.80 bits per heavy atom. The number of sulfonamides is 1. The van der Waals surface area contributed by atoms with Gasteiger partial charge in [0.2, 0.25) is 5.09 Å². The fraction of sp³-hybridized carbons (Fsp3) is 0.692. The van der Waals surface area contributed by atoms with Crippen LogP contribution in [0, 0.1) is 0 Å². The molecule has 1 aromatic heterocycles. The maximum atomic E-state index is 11.6. The predicted octanol–water partition coefficient (Wildman–Crippen LogP) is 0.971. The summed E-state index contributed by atoms with van der Waals surface area (Å²) >= 11 is 0. The highest BCUT2D eigenvalue weighted by molar-refractivity contribution is 7.89. The zero-order chi connectivity index (χ0) is 14.6. The van der Waals surface area contributed by atoms with Crippen LogP contribution in [0.5, 0.6) is 0 Å². The lowest BCUT2D eigenvalue weighted by molar-refractivity contribution is 0.118. The average Bonchev–Trinajstić information content (AvgIpc) is 2.82. The minimum atomic E-state index is -3.53. The molecule has 0 amide bonds. The van der Waals surface area contributed by atoms with Gasteiger partial charge < -0.3 is 14.8 Å². The fourth-order valence-electron chi connectivity index (χ4n) is 2.46. The Morgan fingerprint density at radius 1 is 1.30 bits per heavy atom. The summed E-state index contributed by atoms with van der Waals surface area (Å²) in [5, 5.41) is 13.2. The molecule has 20 heavy (non-hydrogen) atoms. The lowest BCUT2D eigenvalue weighted by Crippen LogP contribution is -2.38. The highest BCUT2D eigenvalue weighted by Crippen LogP contribution is 2.19. The van der Waals surface area contributed by atoms with Crippen molar-refractivity contribution >= 4 is 10.0 Å². The molecule has 1 aromatic rings. The molecule has 1 heterocycles. The van der Waals surface area contributed by atoms with Crippen molar-refractivity contribution in [3.63, 3.8) is 0 Å². The van der Waals surface area contributed by atoms with Crippen molar-refractivity contribution in [3.8, 4) is 0 Å². The SMILES string of the molecule is CNS(=O)(=O)c1ccc(CNC2CCCCCC2O)o1. The molecular weight excluding hydrogens is 280 g/mol. The normalized spacial score (nSPS) is 24.5. The van der Waals surface area contributed by atoms with E-state index in [0.29, 0.717) is 12.3 Å². The van der Waals surface area contributed by atoms with Crippen LogP contribution in [0.1, 0.15) is 37.9 Å². The third kappa shape index (κ3) is 3.82. The Balaban J connectivity index is 1.94. The molecule has 0 radical (unpaired) electrons. The third-order valence-electron chi connectivity index (χ3n) is 3.69. The van der Waals surface area contributed by atoms with Gasteiger partial charge in [0.15, 0.2) is 0 Å². The molecule has 1 saturated carbocycles. The number of hydrogen-bond acceptors (Lipinski definition) is 5. The van der Waals surface area contributed by atoms with Crippen LogP contribution in [0.15, 0.2) is 21.6 Å². The number of aliphatic hydroxyl groups excluding tert-OH is 1. The first kappa shape index (κ1) is 15.5. The Bertz CT molecular complexity index is 526. The van der Waals surface area contributed by atoms with Crippen LogP contribution in [0.25, 0.3) is 0 Å². The smallest absolute Gasteiger partial charge is 0.273 e. The highest BCUT2D eigenvalue weighted by atomic mass is 32.2. The number of hydrogen-bond donors (Lipinski definition) is 3. The molecule has 3 N–H and O–H groups in total. The molecule has 114 valence electrons. The van der Waals surface area contributed by atoms with E-state index in [9.17, 15) is 13.5 Å². The molecule has 1 aliphatic carbocycles. The lowest BCUT2D eigenvalue weighted by Gasteiger charge is -2.21. The Kier molecular flexibility index (Phi) is 5.20. The van der Waals surface area contributed by atoms with Crippen molar-refractivity contribution in [1.29, 1.82) is 0 Å². The molecule has 0 aliphatic heterocycles. The summed E-state index contributed by atoms with van der Waals surface area (Å²) in [6, 6.07) is 3.12. The van der Waals surface area contributed by atoms with Gasteiger partial charge in [0, 0.05) is 6.04 Å². The summed E-state index contributed by atoms with van der Waals surface area (Å²) in [5.74, 6) is 0.551. The van der Waals surface area contributed by atoms with Gasteiger partial charge in [0.25, 0.3) is 10.0 Å². The second kappa shape index (κ2) is 6.71. The Labute approximate surface area is 119 Å². The lowest BCUT2D eigenvalue weighted by atomic mass is 10.1. The monoisotopic (exact) mass is 302 g/mol. The van der Waals surface area contributed by atoms with E-state index in [4.69, 9.17) is 4.42 Å². The zero-order valence-electron chi connectivity index (χ0n) is 11.6. The van der Waals surface area contributed by atoms with Gasteiger partial charge in [-0.15, -0.1) is 0 Å². The molecule has 1 aliphatic rings. The largest absolute Gasteiger partial charge is 0.447 e. The van der Waals surface area contributed by atoms with Crippen molar-refractivity contribution in [3.05, 3.63) is 17.9 Å². The van der Waals surface area contributed by atoms with Crippen molar-refractivity contribution in [2.75, 3.05) is 7.05 Å². The van der Waals surface area contributed by atoms with E-state index in [1.54, 1.807) is 6.07 Å². The molecule has 2 atom stereocenters. The molecular formula is C13H22N2O4S. The number of rotatable bonds is 5. The zero-order valence-corrected chi connectivity index (χ0v) is 12.4. The number of nitrogens with one attached hydrogen (secondary N) is 2. The molecule has 2 rings (SSSR count). The van der Waals surface area contributed by atoms with Gasteiger partial charge in [-0.05, 0) is 32.0 Å². The van der Waals surface area contributed by atoms with Crippen LogP contribution in [-0.2, 0) is 16.6 Å². The standard InChI is InChI=1S/C13H22N2O4S/c1-14-20(17,18)13-8-7-10(19-13)9-15-11-5-3-2-4-6-12(11)16/h7-8,11-12,14-16H,2-6,9H2,1H3. The van der Waals surface area contributed by atoms with Gasteiger partial charge in [0.1, 0.15) is 5.76 Å². The van der Waals surface area contributed by atoms with Gasteiger partial charge in [0.05, 0.1) is 12.6 Å². The van der Waals surface area contributed by atoms with Gasteiger partial charge in [-0.25, -0.2) is 13.1 Å². The summed E-state index contributed by atoms with van der Waals surface area (Å²) in [7, 11) is -2.19. The van der Waals surface area contributed by atoms with E-state index in [1.165, 1.54) is 13.1 Å². The van der Waals surface area contributed by atoms with E-state index in [0.717, 1.165) is 32.1 Å². The number of aliphatic hydroxyl groups is 1. The first-order valence-electron chi connectivity index (χ1n) is 6.96. The highest BCUT2D eigenvalue weighted by Gasteiger charge is 2.22. The second-order valence-corrected chi connectivity index (χ2v) is 6.94. The summed E-state index contributed by atoms with van der Waals surface area (Å²) in [5.41, 5.74) is 0. The third-order valence-corrected chi connectivity index (χ3v) is 4.98. The molecule has 0 saturated heterocycles. The van der Waals surface area contributed by atoms with Gasteiger partial charge in [-0.1, -0.05) is 19.3 Å². The van der Waals surface area contributed by atoms with E-state index in [1.807, 2.05) is 0 Å². The van der Waals surface area contributed by atoms with Crippen LogP contribution < -0.4 is 10.0 Å². The quantitative estimate of drug-likeness (QED) is 0.705. The number of furan rings is 1. The van der Waals surface area contributed by atoms with Crippen LogP contribution in [0.3, 0.4) is 0 Å². The second-order valence-electron chi connectivity index (χ2n) is 5.12. The van der Waals surface area contributed by atoms with Gasteiger partial charge >= 0.3 is 0 Å². The summed E-state index contributed by atoms with van der Waals surface area (Å²) in [6.45, 7) is 0.418. The Morgan fingerprint density at radius 2 is 2.05 bits per heavy atom. The topological polar surface area (TPSA) is 91.6 Å². The molecule has 0 aromatic carbocycles. The molecule has 1 fully saturated rings. The van der Waals surface area contributed by atoms with Crippen molar-refractivity contribution in [2.24, 2.45) is 0 Å². The first-order valence-corrected chi connectivity index (χ1v) is 8.45. The van der Waals surface area contributed by atoms with Crippen LogP contribution in [0.4, 0.5) is 0 Å². The summed E-state index contributed by atoms with van der Waals surface area (Å²) < 4.78 is 30.6. The first-order chi connectivity index (χ1) is 9.53. The Hall–Kier alpha value is -0.890. The van der Waals surface area contributed by atoms with Gasteiger partial charge in [-0.2, -0.15) is 0 Å². The van der Waals surface area contributed by atoms with Crippen molar-refractivity contribution in [2.45, 2.75) is 55.9 Å². The van der Waals surface area contributed by atoms with Crippen LogP contribution in [-0.4, -0.2) is 32.7 Å². The average molecular weight is 302 g/mol. The van der Waals surface area contributed by atoms with E-state index >= 15 is 0 Å². The van der Waals surface area contributed by atoms with Crippen molar-refractivity contribution in [1.82, 2.24) is 10.0 Å². The fourth-order valence-corrected chi connectivity index (χ4v) is 3.12.